The highest BCUT2D eigenvalue weighted by atomic mass is 16.5. The molecule has 0 aromatic heterocycles. The molecule has 1 aliphatic heterocycles. The molecule has 2 unspecified atom stereocenters. The van der Waals surface area contributed by atoms with Crippen LogP contribution >= 0.6 is 0 Å². The van der Waals surface area contributed by atoms with Gasteiger partial charge in [0.25, 0.3) is 0 Å². The number of ether oxygens (including phenoxy) is 1. The molecule has 0 radical (unpaired) electrons. The van der Waals surface area contributed by atoms with Gasteiger partial charge in [0.05, 0.1) is 5.60 Å². The van der Waals surface area contributed by atoms with Gasteiger partial charge in [-0.25, -0.2) is 0 Å². The maximum atomic E-state index is 6.88. The van der Waals surface area contributed by atoms with E-state index in [4.69, 9.17) is 10.5 Å². The zero-order valence-corrected chi connectivity index (χ0v) is 13.7. The van der Waals surface area contributed by atoms with Gasteiger partial charge >= 0.3 is 0 Å². The Morgan fingerprint density at radius 1 is 1.24 bits per heavy atom. The van der Waals surface area contributed by atoms with E-state index in [-0.39, 0.29) is 11.1 Å². The van der Waals surface area contributed by atoms with E-state index in [1.54, 1.807) is 0 Å². The molecule has 2 N–H and O–H groups in total. The molecule has 2 atom stereocenters. The Morgan fingerprint density at radius 2 is 1.95 bits per heavy atom. The number of aryl methyl sites for hydroxylation is 2. The zero-order valence-electron chi connectivity index (χ0n) is 13.7. The molecule has 1 heterocycles. The molecule has 2 nitrogen and oxygen atoms in total. The van der Waals surface area contributed by atoms with Gasteiger partial charge in [-0.15, -0.1) is 0 Å². The molecular weight excluding hydrogens is 258 g/mol. The molecule has 0 amide bonds. The Hall–Kier alpha value is -0.860. The molecule has 1 aromatic carbocycles. The van der Waals surface area contributed by atoms with Crippen molar-refractivity contribution < 1.29 is 4.74 Å². The lowest BCUT2D eigenvalue weighted by molar-refractivity contribution is -0.104. The molecule has 2 heteroatoms. The third-order valence-corrected chi connectivity index (χ3v) is 5.83. The van der Waals surface area contributed by atoms with Crippen LogP contribution in [-0.2, 0) is 10.3 Å². The zero-order chi connectivity index (χ0) is 15.1. The Bertz CT molecular complexity index is 514. The maximum absolute atomic E-state index is 6.88. The number of rotatable bonds is 2. The van der Waals surface area contributed by atoms with E-state index in [9.17, 15) is 0 Å². The quantitative estimate of drug-likeness (QED) is 0.884. The van der Waals surface area contributed by atoms with E-state index in [0.717, 1.165) is 19.4 Å². The van der Waals surface area contributed by atoms with Gasteiger partial charge in [-0.05, 0) is 63.5 Å². The smallest absolute Gasteiger partial charge is 0.0686 e. The first-order valence-corrected chi connectivity index (χ1v) is 8.44. The second-order valence-electron chi connectivity index (χ2n) is 7.53. The van der Waals surface area contributed by atoms with E-state index >= 15 is 0 Å². The summed E-state index contributed by atoms with van der Waals surface area (Å²) in [5.41, 5.74) is 10.7. The number of hydrogen-bond acceptors (Lipinski definition) is 2. The highest BCUT2D eigenvalue weighted by Crippen LogP contribution is 2.46. The molecule has 1 saturated carbocycles. The van der Waals surface area contributed by atoms with E-state index in [0.29, 0.717) is 5.92 Å². The van der Waals surface area contributed by atoms with Crippen molar-refractivity contribution in [3.8, 4) is 0 Å². The van der Waals surface area contributed by atoms with Crippen molar-refractivity contribution in [3.05, 3.63) is 34.9 Å². The van der Waals surface area contributed by atoms with Gasteiger partial charge in [0.1, 0.15) is 0 Å². The molecule has 1 aliphatic carbocycles. The van der Waals surface area contributed by atoms with E-state index in [1.807, 2.05) is 0 Å². The molecule has 1 spiro atoms. The minimum absolute atomic E-state index is 0.140. The first-order chi connectivity index (χ1) is 9.93. The minimum atomic E-state index is -0.254. The molecule has 0 bridgehead atoms. The summed E-state index contributed by atoms with van der Waals surface area (Å²) in [4.78, 5) is 0. The minimum Gasteiger partial charge on any atom is -0.375 e. The third kappa shape index (κ3) is 2.76. The summed E-state index contributed by atoms with van der Waals surface area (Å²) >= 11 is 0. The van der Waals surface area contributed by atoms with E-state index in [2.05, 4.69) is 39.0 Å². The van der Waals surface area contributed by atoms with Crippen LogP contribution in [0.25, 0.3) is 0 Å². The highest BCUT2D eigenvalue weighted by molar-refractivity contribution is 5.36. The summed E-state index contributed by atoms with van der Waals surface area (Å²) in [5, 5.41) is 0. The molecule has 116 valence electrons. The third-order valence-electron chi connectivity index (χ3n) is 5.83. The van der Waals surface area contributed by atoms with Crippen LogP contribution in [0.4, 0.5) is 0 Å². The van der Waals surface area contributed by atoms with Gasteiger partial charge in [-0.2, -0.15) is 0 Å². The summed E-state index contributed by atoms with van der Waals surface area (Å²) in [6, 6.07) is 6.67. The van der Waals surface area contributed by atoms with Crippen LogP contribution in [-0.4, -0.2) is 12.2 Å². The first-order valence-electron chi connectivity index (χ1n) is 8.44. The number of nitrogens with two attached hydrogens (primary N) is 1. The van der Waals surface area contributed by atoms with Gasteiger partial charge in [-0.1, -0.05) is 36.6 Å². The second kappa shape index (κ2) is 5.40. The molecule has 1 saturated heterocycles. The average molecular weight is 287 g/mol. The standard InChI is InChI=1S/C19H29NO/c1-14-6-7-15(2)17(12-14)18(3,20)16-8-11-21-19(13-16)9-4-5-10-19/h6-7,12,16H,4-5,8-11,13,20H2,1-3H3. The van der Waals surface area contributed by atoms with Crippen molar-refractivity contribution in [2.45, 2.75) is 70.4 Å². The SMILES string of the molecule is Cc1ccc(C)c(C(C)(N)C2CCOC3(CCCC3)C2)c1. The van der Waals surface area contributed by atoms with Crippen molar-refractivity contribution >= 4 is 0 Å². The predicted octanol–water partition coefficient (Wildman–Crippen LogP) is 4.22. The summed E-state index contributed by atoms with van der Waals surface area (Å²) in [6.45, 7) is 7.45. The lowest BCUT2D eigenvalue weighted by atomic mass is 9.70. The molecule has 2 aliphatic rings. The monoisotopic (exact) mass is 287 g/mol. The van der Waals surface area contributed by atoms with Crippen molar-refractivity contribution in [2.75, 3.05) is 6.61 Å². The van der Waals surface area contributed by atoms with Crippen LogP contribution in [0.1, 0.15) is 62.1 Å². The van der Waals surface area contributed by atoms with Crippen molar-refractivity contribution in [1.29, 1.82) is 0 Å². The Kier molecular flexibility index (Phi) is 3.87. The van der Waals surface area contributed by atoms with Gasteiger partial charge in [0.15, 0.2) is 0 Å². The fraction of sp³-hybridized carbons (Fsp3) is 0.684. The van der Waals surface area contributed by atoms with Crippen LogP contribution in [0.2, 0.25) is 0 Å². The van der Waals surface area contributed by atoms with Crippen LogP contribution in [0.5, 0.6) is 0 Å². The fourth-order valence-electron chi connectivity index (χ4n) is 4.44. The molecule has 21 heavy (non-hydrogen) atoms. The normalized spacial score (nSPS) is 27.7. The van der Waals surface area contributed by atoms with Crippen LogP contribution in [0.3, 0.4) is 0 Å². The lowest BCUT2D eigenvalue weighted by Crippen LogP contribution is -2.49. The Balaban J connectivity index is 1.88. The van der Waals surface area contributed by atoms with Gasteiger partial charge < -0.3 is 10.5 Å². The second-order valence-corrected chi connectivity index (χ2v) is 7.53. The summed E-state index contributed by atoms with van der Waals surface area (Å²) < 4.78 is 6.19. The summed E-state index contributed by atoms with van der Waals surface area (Å²) in [5.74, 6) is 0.518. The summed E-state index contributed by atoms with van der Waals surface area (Å²) in [6.07, 6.45) is 7.31. The van der Waals surface area contributed by atoms with Crippen molar-refractivity contribution in [2.24, 2.45) is 11.7 Å². The number of benzene rings is 1. The lowest BCUT2D eigenvalue weighted by Gasteiger charge is -2.45. The molecule has 2 fully saturated rings. The largest absolute Gasteiger partial charge is 0.375 e. The average Bonchev–Trinajstić information content (AvgIpc) is 2.89. The van der Waals surface area contributed by atoms with Gasteiger partial charge in [0, 0.05) is 12.1 Å². The maximum Gasteiger partial charge on any atom is 0.0686 e. The van der Waals surface area contributed by atoms with Crippen LogP contribution in [0, 0.1) is 19.8 Å². The van der Waals surface area contributed by atoms with Crippen molar-refractivity contribution in [3.63, 3.8) is 0 Å². The van der Waals surface area contributed by atoms with Crippen molar-refractivity contribution in [1.82, 2.24) is 0 Å². The number of hydrogen-bond donors (Lipinski definition) is 1. The highest BCUT2D eigenvalue weighted by Gasteiger charge is 2.45. The first kappa shape index (κ1) is 15.1. The summed E-state index contributed by atoms with van der Waals surface area (Å²) in [7, 11) is 0. The Labute approximate surface area is 129 Å². The topological polar surface area (TPSA) is 35.2 Å². The van der Waals surface area contributed by atoms with Gasteiger partial charge in [-0.3, -0.25) is 0 Å². The fourth-order valence-corrected chi connectivity index (χ4v) is 4.44. The van der Waals surface area contributed by atoms with Crippen LogP contribution < -0.4 is 5.73 Å². The van der Waals surface area contributed by atoms with Gasteiger partial charge in [0.2, 0.25) is 0 Å². The predicted molar refractivity (Wildman–Crippen MR) is 87.3 cm³/mol. The van der Waals surface area contributed by atoms with Crippen LogP contribution in [0.15, 0.2) is 18.2 Å². The van der Waals surface area contributed by atoms with E-state index in [1.165, 1.54) is 42.4 Å². The molecule has 1 aromatic rings. The molecular formula is C19H29NO. The molecule has 3 rings (SSSR count). The van der Waals surface area contributed by atoms with E-state index < -0.39 is 0 Å². The Morgan fingerprint density at radius 3 is 2.67 bits per heavy atom.